The maximum atomic E-state index is 2.78. The molecule has 0 spiro atoms. The summed E-state index contributed by atoms with van der Waals surface area (Å²) in [5, 5.41) is 0. The summed E-state index contributed by atoms with van der Waals surface area (Å²) in [6, 6.07) is 2.75. The quantitative estimate of drug-likeness (QED) is 0.661. The van der Waals surface area contributed by atoms with Crippen LogP contribution in [0.3, 0.4) is 0 Å². The molecule has 132 valence electrons. The second-order valence-corrected chi connectivity index (χ2v) is 8.53. The topological polar surface area (TPSA) is 6.48 Å². The average molecular weight is 311 g/mol. The van der Waals surface area contributed by atoms with Gasteiger partial charge in [0.15, 0.2) is 0 Å². The van der Waals surface area contributed by atoms with Gasteiger partial charge in [-0.05, 0) is 51.9 Å². The molecule has 2 heteroatoms. The Morgan fingerprint density at radius 2 is 1.36 bits per heavy atom. The molecule has 0 aromatic rings. The third-order valence-electron chi connectivity index (χ3n) is 6.43. The number of piperazine rings is 1. The summed E-state index contributed by atoms with van der Waals surface area (Å²) in [6.07, 6.45) is 2.61. The van der Waals surface area contributed by atoms with Crippen LogP contribution in [0, 0.1) is 17.8 Å². The smallest absolute Gasteiger partial charge is 0.0201 e. The summed E-state index contributed by atoms with van der Waals surface area (Å²) in [4.78, 5) is 5.53. The van der Waals surface area contributed by atoms with E-state index >= 15 is 0 Å². The molecular weight excluding hydrogens is 268 g/mol. The summed E-state index contributed by atoms with van der Waals surface area (Å²) in [6.45, 7) is 24.0. The van der Waals surface area contributed by atoms with Gasteiger partial charge >= 0.3 is 0 Å². The first-order valence-corrected chi connectivity index (χ1v) is 9.70. The lowest BCUT2D eigenvalue weighted by Crippen LogP contribution is -2.61. The van der Waals surface area contributed by atoms with Gasteiger partial charge < -0.3 is 0 Å². The molecule has 0 bridgehead atoms. The lowest BCUT2D eigenvalue weighted by Gasteiger charge is -2.50. The Hall–Kier alpha value is -0.0800. The zero-order chi connectivity index (χ0) is 17.0. The standard InChI is InChI=1S/C20H42N2/c1-10-15(4)20(9)22-18(7)12-21(13-19(22)8)17(6)11-16(5)14(2)3/h14-20H,10-13H2,1-9H3. The second-order valence-electron chi connectivity index (χ2n) is 8.53. The van der Waals surface area contributed by atoms with E-state index in [9.17, 15) is 0 Å². The molecule has 0 aliphatic carbocycles. The molecule has 1 fully saturated rings. The van der Waals surface area contributed by atoms with E-state index < -0.39 is 0 Å². The Morgan fingerprint density at radius 3 is 1.77 bits per heavy atom. The normalized spacial score (nSPS) is 30.3. The van der Waals surface area contributed by atoms with Crippen molar-refractivity contribution in [2.24, 2.45) is 17.8 Å². The minimum atomic E-state index is 0.671. The van der Waals surface area contributed by atoms with E-state index in [1.54, 1.807) is 0 Å². The molecule has 6 atom stereocenters. The average Bonchev–Trinajstić information content (AvgIpc) is 2.44. The van der Waals surface area contributed by atoms with Gasteiger partial charge in [0.05, 0.1) is 0 Å². The number of hydrogen-bond donors (Lipinski definition) is 0. The van der Waals surface area contributed by atoms with Crippen molar-refractivity contribution in [3.8, 4) is 0 Å². The Labute approximate surface area is 140 Å². The zero-order valence-corrected chi connectivity index (χ0v) is 16.8. The van der Waals surface area contributed by atoms with Crippen molar-refractivity contribution in [2.75, 3.05) is 13.1 Å². The van der Waals surface area contributed by atoms with Crippen molar-refractivity contribution in [1.82, 2.24) is 9.80 Å². The van der Waals surface area contributed by atoms with Crippen LogP contribution in [0.5, 0.6) is 0 Å². The zero-order valence-electron chi connectivity index (χ0n) is 16.8. The van der Waals surface area contributed by atoms with Crippen LogP contribution < -0.4 is 0 Å². The molecule has 1 aliphatic heterocycles. The molecular formula is C20H42N2. The largest absolute Gasteiger partial charge is 0.298 e. The Morgan fingerprint density at radius 1 is 0.864 bits per heavy atom. The van der Waals surface area contributed by atoms with E-state index in [0.717, 1.165) is 17.8 Å². The molecule has 1 rings (SSSR count). The number of rotatable bonds is 7. The van der Waals surface area contributed by atoms with Crippen LogP contribution in [0.4, 0.5) is 0 Å². The highest BCUT2D eigenvalue weighted by Gasteiger charge is 2.35. The van der Waals surface area contributed by atoms with Gasteiger partial charge in [-0.2, -0.15) is 0 Å². The molecule has 0 saturated carbocycles. The molecule has 6 unspecified atom stereocenters. The molecule has 0 amide bonds. The fourth-order valence-electron chi connectivity index (χ4n) is 4.13. The summed E-state index contributed by atoms with van der Waals surface area (Å²) < 4.78 is 0. The maximum absolute atomic E-state index is 2.78. The SMILES string of the molecule is CCC(C)C(C)N1C(C)CN(C(C)CC(C)C(C)C)CC1C. The predicted octanol–water partition coefficient (Wildman–Crippen LogP) is 4.89. The van der Waals surface area contributed by atoms with Crippen molar-refractivity contribution in [3.63, 3.8) is 0 Å². The van der Waals surface area contributed by atoms with E-state index in [1.165, 1.54) is 25.9 Å². The molecule has 1 saturated heterocycles. The fourth-order valence-corrected chi connectivity index (χ4v) is 4.13. The highest BCUT2D eigenvalue weighted by Crippen LogP contribution is 2.27. The van der Waals surface area contributed by atoms with Gasteiger partial charge in [-0.15, -0.1) is 0 Å². The highest BCUT2D eigenvalue weighted by atomic mass is 15.3. The monoisotopic (exact) mass is 310 g/mol. The van der Waals surface area contributed by atoms with Crippen molar-refractivity contribution in [3.05, 3.63) is 0 Å². The van der Waals surface area contributed by atoms with Crippen molar-refractivity contribution >= 4 is 0 Å². The lowest BCUT2D eigenvalue weighted by molar-refractivity contribution is -0.0215. The Balaban J connectivity index is 2.65. The Kier molecular flexibility index (Phi) is 7.88. The van der Waals surface area contributed by atoms with Crippen LogP contribution in [0.25, 0.3) is 0 Å². The number of nitrogens with zero attached hydrogens (tertiary/aromatic N) is 2. The summed E-state index contributed by atoms with van der Waals surface area (Å²) in [5.41, 5.74) is 0. The first kappa shape index (κ1) is 20.0. The van der Waals surface area contributed by atoms with Gasteiger partial charge in [0, 0.05) is 37.3 Å². The first-order valence-electron chi connectivity index (χ1n) is 9.70. The van der Waals surface area contributed by atoms with E-state index in [2.05, 4.69) is 72.1 Å². The van der Waals surface area contributed by atoms with Crippen LogP contribution in [0.2, 0.25) is 0 Å². The minimum absolute atomic E-state index is 0.671. The van der Waals surface area contributed by atoms with E-state index in [1.807, 2.05) is 0 Å². The number of hydrogen-bond acceptors (Lipinski definition) is 2. The third kappa shape index (κ3) is 4.96. The molecule has 1 heterocycles. The third-order valence-corrected chi connectivity index (χ3v) is 6.43. The lowest BCUT2D eigenvalue weighted by atomic mass is 9.89. The molecule has 0 aromatic heterocycles. The Bertz CT molecular complexity index is 303. The van der Waals surface area contributed by atoms with Gasteiger partial charge in [-0.25, -0.2) is 0 Å². The molecule has 0 N–H and O–H groups in total. The van der Waals surface area contributed by atoms with Crippen LogP contribution in [-0.4, -0.2) is 47.1 Å². The first-order chi connectivity index (χ1) is 10.2. The van der Waals surface area contributed by atoms with Crippen molar-refractivity contribution < 1.29 is 0 Å². The van der Waals surface area contributed by atoms with E-state index in [4.69, 9.17) is 0 Å². The van der Waals surface area contributed by atoms with Gasteiger partial charge in [-0.1, -0.05) is 41.0 Å². The summed E-state index contributed by atoms with van der Waals surface area (Å²) >= 11 is 0. The van der Waals surface area contributed by atoms with Crippen LogP contribution >= 0.6 is 0 Å². The van der Waals surface area contributed by atoms with Gasteiger partial charge in [0.2, 0.25) is 0 Å². The highest BCUT2D eigenvalue weighted by molar-refractivity contribution is 4.91. The van der Waals surface area contributed by atoms with Gasteiger partial charge in [0.1, 0.15) is 0 Å². The molecule has 1 aliphatic rings. The molecule has 2 nitrogen and oxygen atoms in total. The molecule has 0 radical (unpaired) electrons. The van der Waals surface area contributed by atoms with Crippen molar-refractivity contribution in [2.45, 2.75) is 99.3 Å². The molecule has 22 heavy (non-hydrogen) atoms. The van der Waals surface area contributed by atoms with Gasteiger partial charge in [-0.3, -0.25) is 9.80 Å². The predicted molar refractivity (Wildman–Crippen MR) is 99.3 cm³/mol. The van der Waals surface area contributed by atoms with E-state index in [-0.39, 0.29) is 0 Å². The summed E-state index contributed by atoms with van der Waals surface area (Å²) in [5.74, 6) is 2.40. The van der Waals surface area contributed by atoms with Crippen LogP contribution in [0.1, 0.15) is 75.2 Å². The van der Waals surface area contributed by atoms with E-state index in [0.29, 0.717) is 24.2 Å². The maximum Gasteiger partial charge on any atom is 0.0201 e. The summed E-state index contributed by atoms with van der Waals surface area (Å²) in [7, 11) is 0. The van der Waals surface area contributed by atoms with Crippen LogP contribution in [0.15, 0.2) is 0 Å². The molecule has 0 aromatic carbocycles. The van der Waals surface area contributed by atoms with Crippen LogP contribution in [-0.2, 0) is 0 Å². The van der Waals surface area contributed by atoms with Crippen molar-refractivity contribution in [1.29, 1.82) is 0 Å². The minimum Gasteiger partial charge on any atom is -0.298 e. The second kappa shape index (κ2) is 8.68. The fraction of sp³-hybridized carbons (Fsp3) is 1.00. The van der Waals surface area contributed by atoms with Gasteiger partial charge in [0.25, 0.3) is 0 Å².